The van der Waals surface area contributed by atoms with Crippen molar-refractivity contribution in [2.24, 2.45) is 5.92 Å². The molecule has 3 aromatic carbocycles. The second kappa shape index (κ2) is 9.01. The van der Waals surface area contributed by atoms with E-state index in [0.717, 1.165) is 54.3 Å². The number of hydrogen-bond acceptors (Lipinski definition) is 3. The highest BCUT2D eigenvalue weighted by Gasteiger charge is 2.32. The second-order valence-corrected chi connectivity index (χ2v) is 8.69. The SMILES string of the molecule is CC1CCN(C(c2ccccc2)c2oc3ccccc3c2NC(=O)c2ccccc2)CC1. The van der Waals surface area contributed by atoms with Crippen LogP contribution in [0.1, 0.15) is 47.5 Å². The van der Waals surface area contributed by atoms with Crippen LogP contribution in [-0.4, -0.2) is 23.9 Å². The molecule has 1 fully saturated rings. The molecule has 0 radical (unpaired) electrons. The van der Waals surface area contributed by atoms with E-state index in [1.54, 1.807) is 0 Å². The largest absolute Gasteiger partial charge is 0.457 e. The molecule has 32 heavy (non-hydrogen) atoms. The number of carbonyl (C=O) groups is 1. The van der Waals surface area contributed by atoms with Gasteiger partial charge in [0, 0.05) is 10.9 Å². The highest BCUT2D eigenvalue weighted by atomic mass is 16.3. The van der Waals surface area contributed by atoms with E-state index < -0.39 is 0 Å². The van der Waals surface area contributed by atoms with Crippen molar-refractivity contribution >= 4 is 22.6 Å². The molecular weight excluding hydrogens is 396 g/mol. The lowest BCUT2D eigenvalue weighted by Gasteiger charge is -2.36. The number of likely N-dealkylation sites (tertiary alicyclic amines) is 1. The topological polar surface area (TPSA) is 45.5 Å². The van der Waals surface area contributed by atoms with Crippen LogP contribution >= 0.6 is 0 Å². The number of nitrogens with one attached hydrogen (secondary N) is 1. The Morgan fingerprint density at radius 2 is 1.53 bits per heavy atom. The van der Waals surface area contributed by atoms with E-state index in [9.17, 15) is 4.79 Å². The number of anilines is 1. The molecule has 1 aromatic heterocycles. The third-order valence-corrected chi connectivity index (χ3v) is 6.44. The highest BCUT2D eigenvalue weighted by molar-refractivity contribution is 6.09. The zero-order valence-corrected chi connectivity index (χ0v) is 18.3. The van der Waals surface area contributed by atoms with Crippen LogP contribution in [0, 0.1) is 5.92 Å². The molecule has 1 amide bonds. The van der Waals surface area contributed by atoms with Gasteiger partial charge in [0.05, 0.1) is 11.7 Å². The fourth-order valence-electron chi connectivity index (χ4n) is 4.61. The van der Waals surface area contributed by atoms with Gasteiger partial charge in [0.2, 0.25) is 0 Å². The summed E-state index contributed by atoms with van der Waals surface area (Å²) in [6.07, 6.45) is 2.32. The van der Waals surface area contributed by atoms with E-state index in [4.69, 9.17) is 4.42 Å². The highest BCUT2D eigenvalue weighted by Crippen LogP contribution is 2.41. The number of para-hydroxylation sites is 1. The third kappa shape index (κ3) is 4.06. The second-order valence-electron chi connectivity index (χ2n) is 8.69. The number of fused-ring (bicyclic) bond motifs is 1. The van der Waals surface area contributed by atoms with E-state index >= 15 is 0 Å². The lowest BCUT2D eigenvalue weighted by atomic mass is 9.94. The monoisotopic (exact) mass is 424 g/mol. The summed E-state index contributed by atoms with van der Waals surface area (Å²) in [5.41, 5.74) is 3.36. The van der Waals surface area contributed by atoms with E-state index in [0.29, 0.717) is 5.56 Å². The zero-order chi connectivity index (χ0) is 21.9. The van der Waals surface area contributed by atoms with Gasteiger partial charge in [0.25, 0.3) is 5.91 Å². The smallest absolute Gasteiger partial charge is 0.255 e. The number of furan rings is 1. The van der Waals surface area contributed by atoms with Crippen molar-refractivity contribution in [1.29, 1.82) is 0 Å². The first kappa shape index (κ1) is 20.5. The minimum absolute atomic E-state index is 0.0535. The van der Waals surface area contributed by atoms with Crippen LogP contribution in [0.15, 0.2) is 89.3 Å². The Labute approximate surface area is 188 Å². The molecule has 0 spiro atoms. The van der Waals surface area contributed by atoms with Gasteiger partial charge in [-0.2, -0.15) is 0 Å². The van der Waals surface area contributed by atoms with Crippen molar-refractivity contribution in [2.45, 2.75) is 25.8 Å². The van der Waals surface area contributed by atoms with Crippen LogP contribution in [-0.2, 0) is 0 Å². The van der Waals surface area contributed by atoms with Crippen LogP contribution in [0.4, 0.5) is 5.69 Å². The molecule has 1 N–H and O–H groups in total. The molecule has 5 rings (SSSR count). The Morgan fingerprint density at radius 1 is 0.906 bits per heavy atom. The molecule has 1 atom stereocenters. The summed E-state index contributed by atoms with van der Waals surface area (Å²) in [6.45, 7) is 4.33. The summed E-state index contributed by atoms with van der Waals surface area (Å²) in [6, 6.07) is 27.7. The van der Waals surface area contributed by atoms with Crippen LogP contribution in [0.3, 0.4) is 0 Å². The summed E-state index contributed by atoms with van der Waals surface area (Å²) >= 11 is 0. The summed E-state index contributed by atoms with van der Waals surface area (Å²) < 4.78 is 6.48. The standard InChI is InChI=1S/C28H28N2O2/c1-20-16-18-30(19-17-20)26(21-10-4-2-5-11-21)27-25(23-14-8-9-15-24(23)32-27)29-28(31)22-12-6-3-7-13-22/h2-15,20,26H,16-19H2,1H3,(H,29,31). The number of piperidine rings is 1. The first-order chi connectivity index (χ1) is 15.7. The zero-order valence-electron chi connectivity index (χ0n) is 18.3. The van der Waals surface area contributed by atoms with Gasteiger partial charge in [-0.05, 0) is 61.7 Å². The van der Waals surface area contributed by atoms with Gasteiger partial charge in [-0.15, -0.1) is 0 Å². The van der Waals surface area contributed by atoms with Gasteiger partial charge in [-0.1, -0.05) is 67.6 Å². The maximum absolute atomic E-state index is 13.1. The number of hydrogen-bond donors (Lipinski definition) is 1. The Morgan fingerprint density at radius 3 is 2.25 bits per heavy atom. The molecule has 2 heterocycles. The number of rotatable bonds is 5. The lowest BCUT2D eigenvalue weighted by Crippen LogP contribution is -2.37. The first-order valence-corrected chi connectivity index (χ1v) is 11.4. The van der Waals surface area contributed by atoms with Gasteiger partial charge in [-0.25, -0.2) is 0 Å². The molecule has 1 aliphatic rings. The van der Waals surface area contributed by atoms with Crippen molar-refractivity contribution in [1.82, 2.24) is 4.90 Å². The van der Waals surface area contributed by atoms with Crippen molar-refractivity contribution in [2.75, 3.05) is 18.4 Å². The van der Waals surface area contributed by atoms with Gasteiger partial charge in [-0.3, -0.25) is 9.69 Å². The van der Waals surface area contributed by atoms with E-state index in [1.165, 1.54) is 5.56 Å². The first-order valence-electron chi connectivity index (χ1n) is 11.4. The number of nitrogens with zero attached hydrogens (tertiary/aromatic N) is 1. The van der Waals surface area contributed by atoms with Crippen LogP contribution in [0.5, 0.6) is 0 Å². The van der Waals surface area contributed by atoms with Gasteiger partial charge >= 0.3 is 0 Å². The van der Waals surface area contributed by atoms with Gasteiger partial charge < -0.3 is 9.73 Å². The van der Waals surface area contributed by atoms with E-state index in [1.807, 2.05) is 60.7 Å². The minimum atomic E-state index is -0.127. The predicted molar refractivity (Wildman–Crippen MR) is 129 cm³/mol. The van der Waals surface area contributed by atoms with Gasteiger partial charge in [0.15, 0.2) is 0 Å². The predicted octanol–water partition coefficient (Wildman–Crippen LogP) is 6.51. The maximum Gasteiger partial charge on any atom is 0.255 e. The molecule has 162 valence electrons. The molecule has 1 unspecified atom stereocenters. The summed E-state index contributed by atoms with van der Waals surface area (Å²) in [7, 11) is 0. The Kier molecular flexibility index (Phi) is 5.78. The van der Waals surface area contributed by atoms with Crippen LogP contribution in [0.25, 0.3) is 11.0 Å². The minimum Gasteiger partial charge on any atom is -0.457 e. The fourth-order valence-corrected chi connectivity index (χ4v) is 4.61. The molecule has 1 saturated heterocycles. The summed E-state index contributed by atoms with van der Waals surface area (Å²) in [5.74, 6) is 1.41. The number of amides is 1. The molecule has 0 bridgehead atoms. The number of carbonyl (C=O) groups excluding carboxylic acids is 1. The normalized spacial score (nSPS) is 16.2. The molecule has 4 heteroatoms. The van der Waals surface area contributed by atoms with Crippen molar-refractivity contribution in [3.63, 3.8) is 0 Å². The van der Waals surface area contributed by atoms with Crippen LogP contribution < -0.4 is 5.32 Å². The average molecular weight is 425 g/mol. The van der Waals surface area contributed by atoms with Gasteiger partial charge in [0.1, 0.15) is 11.3 Å². The molecule has 0 aliphatic carbocycles. The maximum atomic E-state index is 13.1. The van der Waals surface area contributed by atoms with Crippen LogP contribution in [0.2, 0.25) is 0 Å². The van der Waals surface area contributed by atoms with E-state index in [-0.39, 0.29) is 11.9 Å². The molecule has 4 nitrogen and oxygen atoms in total. The van der Waals surface area contributed by atoms with Crippen molar-refractivity contribution in [3.8, 4) is 0 Å². The molecule has 4 aromatic rings. The lowest BCUT2D eigenvalue weighted by molar-refractivity contribution is 0.102. The summed E-state index contributed by atoms with van der Waals surface area (Å²) in [5, 5.41) is 4.12. The van der Waals surface area contributed by atoms with E-state index in [2.05, 4.69) is 41.4 Å². The Balaban J connectivity index is 1.62. The Bertz CT molecular complexity index is 1190. The summed E-state index contributed by atoms with van der Waals surface area (Å²) in [4.78, 5) is 15.6. The Hall–Kier alpha value is -3.37. The third-order valence-electron chi connectivity index (χ3n) is 6.44. The fraction of sp³-hybridized carbons (Fsp3) is 0.250. The molecule has 0 saturated carbocycles. The quantitative estimate of drug-likeness (QED) is 0.397. The van der Waals surface area contributed by atoms with Crippen molar-refractivity contribution < 1.29 is 9.21 Å². The van der Waals surface area contributed by atoms with Crippen molar-refractivity contribution in [3.05, 3.63) is 102 Å². The average Bonchev–Trinajstić information content (AvgIpc) is 3.19. The molecule has 1 aliphatic heterocycles. The number of benzene rings is 3. The molecular formula is C28H28N2O2.